The summed E-state index contributed by atoms with van der Waals surface area (Å²) < 4.78 is 11.2. The van der Waals surface area contributed by atoms with Crippen molar-refractivity contribution >= 4 is 12.1 Å². The standard InChI is InChI=1S/C17H23NO5/c1-17(2,3)23-16(21)18-8-5-9-22-14(11-18)12-6-4-7-13(10-12)15(19)20/h4,6-7,10,14H,5,8-9,11H2,1-3H3,(H,19,20)/t14-/m1/s1. The summed E-state index contributed by atoms with van der Waals surface area (Å²) in [5.74, 6) is -0.982. The first kappa shape index (κ1) is 17.3. The number of rotatable bonds is 2. The van der Waals surface area contributed by atoms with Crippen molar-refractivity contribution in [2.75, 3.05) is 19.7 Å². The molecule has 1 amide bonds. The van der Waals surface area contributed by atoms with Crippen LogP contribution in [0.15, 0.2) is 24.3 Å². The molecule has 1 aliphatic heterocycles. The quantitative estimate of drug-likeness (QED) is 0.906. The van der Waals surface area contributed by atoms with Crippen molar-refractivity contribution < 1.29 is 24.2 Å². The highest BCUT2D eigenvalue weighted by molar-refractivity contribution is 5.87. The Balaban J connectivity index is 2.15. The van der Waals surface area contributed by atoms with Gasteiger partial charge in [-0.25, -0.2) is 9.59 Å². The van der Waals surface area contributed by atoms with E-state index in [0.29, 0.717) is 26.1 Å². The molecule has 0 bridgehead atoms. The van der Waals surface area contributed by atoms with Crippen LogP contribution in [0.2, 0.25) is 0 Å². The zero-order valence-electron chi connectivity index (χ0n) is 13.7. The SMILES string of the molecule is CC(C)(C)OC(=O)N1CCCO[C@@H](c2cccc(C(=O)O)c2)C1. The van der Waals surface area contributed by atoms with Gasteiger partial charge in [0, 0.05) is 13.2 Å². The molecule has 6 heteroatoms. The number of carboxylic acids is 1. The summed E-state index contributed by atoms with van der Waals surface area (Å²) in [5, 5.41) is 9.11. The predicted octanol–water partition coefficient (Wildman–Crippen LogP) is 3.08. The van der Waals surface area contributed by atoms with E-state index in [1.807, 2.05) is 26.8 Å². The van der Waals surface area contributed by atoms with Gasteiger partial charge in [-0.3, -0.25) is 0 Å². The van der Waals surface area contributed by atoms with E-state index in [1.54, 1.807) is 17.0 Å². The predicted molar refractivity (Wildman–Crippen MR) is 84.5 cm³/mol. The Labute approximate surface area is 136 Å². The zero-order valence-corrected chi connectivity index (χ0v) is 13.7. The van der Waals surface area contributed by atoms with Gasteiger partial charge in [-0.15, -0.1) is 0 Å². The summed E-state index contributed by atoms with van der Waals surface area (Å²) in [5.41, 5.74) is 0.405. The van der Waals surface area contributed by atoms with Crippen LogP contribution in [0.1, 0.15) is 49.2 Å². The number of carbonyl (C=O) groups excluding carboxylic acids is 1. The molecule has 0 aromatic heterocycles. The van der Waals surface area contributed by atoms with Crippen molar-refractivity contribution in [2.24, 2.45) is 0 Å². The molecule has 0 radical (unpaired) electrons. The van der Waals surface area contributed by atoms with Crippen LogP contribution >= 0.6 is 0 Å². The lowest BCUT2D eigenvalue weighted by Crippen LogP contribution is -2.38. The van der Waals surface area contributed by atoms with Gasteiger partial charge in [-0.2, -0.15) is 0 Å². The minimum atomic E-state index is -0.982. The molecule has 1 N–H and O–H groups in total. The molecule has 1 saturated heterocycles. The molecule has 2 rings (SSSR count). The van der Waals surface area contributed by atoms with Crippen molar-refractivity contribution in [3.05, 3.63) is 35.4 Å². The number of aromatic carboxylic acids is 1. The largest absolute Gasteiger partial charge is 0.478 e. The van der Waals surface area contributed by atoms with E-state index in [0.717, 1.165) is 5.56 Å². The van der Waals surface area contributed by atoms with Crippen LogP contribution < -0.4 is 0 Å². The lowest BCUT2D eigenvalue weighted by molar-refractivity contribution is 0.0139. The Morgan fingerprint density at radius 1 is 1.35 bits per heavy atom. The minimum absolute atomic E-state index is 0.208. The maximum atomic E-state index is 12.3. The zero-order chi connectivity index (χ0) is 17.0. The number of benzene rings is 1. The molecular formula is C17H23NO5. The summed E-state index contributed by atoms with van der Waals surface area (Å²) in [6.45, 7) is 6.90. The molecule has 0 aliphatic carbocycles. The Morgan fingerprint density at radius 2 is 2.09 bits per heavy atom. The molecular weight excluding hydrogens is 298 g/mol. The monoisotopic (exact) mass is 321 g/mol. The van der Waals surface area contributed by atoms with Crippen LogP contribution in [-0.2, 0) is 9.47 Å². The molecule has 23 heavy (non-hydrogen) atoms. The first-order chi connectivity index (χ1) is 10.8. The van der Waals surface area contributed by atoms with Gasteiger partial charge in [-0.1, -0.05) is 12.1 Å². The van der Waals surface area contributed by atoms with Gasteiger partial charge in [-0.05, 0) is 44.9 Å². The van der Waals surface area contributed by atoms with Crippen molar-refractivity contribution in [2.45, 2.75) is 38.9 Å². The summed E-state index contributed by atoms with van der Waals surface area (Å²) in [7, 11) is 0. The number of hydrogen-bond acceptors (Lipinski definition) is 4. The third-order valence-corrected chi connectivity index (χ3v) is 3.43. The number of carbonyl (C=O) groups is 2. The second kappa shape index (κ2) is 7.00. The number of amides is 1. The average Bonchev–Trinajstić information content (AvgIpc) is 2.71. The third-order valence-electron chi connectivity index (χ3n) is 3.43. The van der Waals surface area contributed by atoms with Crippen LogP contribution in [0.25, 0.3) is 0 Å². The van der Waals surface area contributed by atoms with Crippen LogP contribution in [0.5, 0.6) is 0 Å². The molecule has 6 nitrogen and oxygen atoms in total. The molecule has 0 saturated carbocycles. The molecule has 1 aliphatic rings. The van der Waals surface area contributed by atoms with Crippen LogP contribution in [0, 0.1) is 0 Å². The molecule has 1 heterocycles. The summed E-state index contributed by atoms with van der Waals surface area (Å²) in [6, 6.07) is 6.63. The van der Waals surface area contributed by atoms with Gasteiger partial charge < -0.3 is 19.5 Å². The lowest BCUT2D eigenvalue weighted by atomic mass is 10.1. The van der Waals surface area contributed by atoms with Gasteiger partial charge in [0.25, 0.3) is 0 Å². The van der Waals surface area contributed by atoms with Crippen LogP contribution in [0.3, 0.4) is 0 Å². The van der Waals surface area contributed by atoms with E-state index < -0.39 is 11.6 Å². The molecule has 1 aromatic rings. The van der Waals surface area contributed by atoms with E-state index in [-0.39, 0.29) is 17.8 Å². The Hall–Kier alpha value is -2.08. The highest BCUT2D eigenvalue weighted by Gasteiger charge is 2.27. The fourth-order valence-corrected chi connectivity index (χ4v) is 2.39. The normalized spacial score (nSPS) is 19.1. The van der Waals surface area contributed by atoms with Crippen molar-refractivity contribution in [1.82, 2.24) is 4.90 Å². The topological polar surface area (TPSA) is 76.1 Å². The van der Waals surface area contributed by atoms with Crippen LogP contribution in [-0.4, -0.2) is 47.4 Å². The smallest absolute Gasteiger partial charge is 0.410 e. The number of ether oxygens (including phenoxy) is 2. The first-order valence-electron chi connectivity index (χ1n) is 7.69. The van der Waals surface area contributed by atoms with E-state index >= 15 is 0 Å². The molecule has 0 unspecified atom stereocenters. The van der Waals surface area contributed by atoms with Gasteiger partial charge >= 0.3 is 12.1 Å². The number of hydrogen-bond donors (Lipinski definition) is 1. The second-order valence-electron chi connectivity index (χ2n) is 6.57. The van der Waals surface area contributed by atoms with E-state index in [4.69, 9.17) is 14.6 Å². The number of nitrogens with zero attached hydrogens (tertiary/aromatic N) is 1. The lowest BCUT2D eigenvalue weighted by Gasteiger charge is -2.28. The van der Waals surface area contributed by atoms with Gasteiger partial charge in [0.05, 0.1) is 12.1 Å². The highest BCUT2D eigenvalue weighted by atomic mass is 16.6. The highest BCUT2D eigenvalue weighted by Crippen LogP contribution is 2.24. The maximum absolute atomic E-state index is 12.3. The van der Waals surface area contributed by atoms with E-state index in [1.165, 1.54) is 6.07 Å². The Morgan fingerprint density at radius 3 is 2.74 bits per heavy atom. The second-order valence-corrected chi connectivity index (χ2v) is 6.57. The molecule has 0 spiro atoms. The first-order valence-corrected chi connectivity index (χ1v) is 7.69. The van der Waals surface area contributed by atoms with Crippen molar-refractivity contribution in [3.8, 4) is 0 Å². The van der Waals surface area contributed by atoms with Crippen LogP contribution in [0.4, 0.5) is 4.79 Å². The maximum Gasteiger partial charge on any atom is 0.410 e. The third kappa shape index (κ3) is 4.96. The van der Waals surface area contributed by atoms with Gasteiger partial charge in [0.1, 0.15) is 11.7 Å². The summed E-state index contributed by atoms with van der Waals surface area (Å²) >= 11 is 0. The van der Waals surface area contributed by atoms with Gasteiger partial charge in [0.2, 0.25) is 0 Å². The van der Waals surface area contributed by atoms with Crippen molar-refractivity contribution in [3.63, 3.8) is 0 Å². The molecule has 126 valence electrons. The number of carboxylic acid groups (broad SMARTS) is 1. The van der Waals surface area contributed by atoms with Crippen molar-refractivity contribution in [1.29, 1.82) is 0 Å². The minimum Gasteiger partial charge on any atom is -0.478 e. The average molecular weight is 321 g/mol. The molecule has 1 fully saturated rings. The Kier molecular flexibility index (Phi) is 5.26. The fraction of sp³-hybridized carbons (Fsp3) is 0.529. The van der Waals surface area contributed by atoms with Gasteiger partial charge in [0.15, 0.2) is 0 Å². The van der Waals surface area contributed by atoms with E-state index in [2.05, 4.69) is 0 Å². The molecule has 1 aromatic carbocycles. The van der Waals surface area contributed by atoms with E-state index in [9.17, 15) is 9.59 Å². The Bertz CT molecular complexity index is 579. The summed E-state index contributed by atoms with van der Waals surface area (Å²) in [6.07, 6.45) is -0.0133. The summed E-state index contributed by atoms with van der Waals surface area (Å²) in [4.78, 5) is 25.0. The molecule has 1 atom stereocenters. The fourth-order valence-electron chi connectivity index (χ4n) is 2.39.